The van der Waals surface area contributed by atoms with Gasteiger partial charge in [0.2, 0.25) is 0 Å². The molecule has 0 saturated carbocycles. The Morgan fingerprint density at radius 3 is 2.87 bits per heavy atom. The number of nitrogens with two attached hydrogens (primary N) is 1. The van der Waals surface area contributed by atoms with Gasteiger partial charge in [0.25, 0.3) is 0 Å². The molecule has 162 valence electrons. The number of fused-ring (bicyclic) bond motifs is 2. The molecule has 5 heterocycles. The third kappa shape index (κ3) is 3.39. The van der Waals surface area contributed by atoms with Crippen LogP contribution >= 0.6 is 0 Å². The molecule has 4 aromatic heterocycles. The number of nitrogens with zero attached hydrogens (tertiary/aromatic N) is 6. The standard InChI is InChI=1S/C22H25IN7O/c1-13-6-7-16(24)12-29(13)22(31)15-9-17-20(26-11-15)28(3)21(27-17)18-10-14-5-4-8-25-19(14)30(18)23-2/h4-5,8-11,13,16H,6-7,12,24H2,1-3H3/q-1/t13-,16+/m0/s1. The number of hydrogen-bond donors (Lipinski definition) is 1. The summed E-state index contributed by atoms with van der Waals surface area (Å²) in [5, 5.41) is 1.10. The average Bonchev–Trinajstić information content (AvgIpc) is 3.31. The summed E-state index contributed by atoms with van der Waals surface area (Å²) in [6.45, 7) is 2.66. The number of aromatic nitrogens is 5. The van der Waals surface area contributed by atoms with Crippen molar-refractivity contribution in [3.05, 3.63) is 42.2 Å². The van der Waals surface area contributed by atoms with Crippen LogP contribution in [0.4, 0.5) is 0 Å². The molecule has 2 N–H and O–H groups in total. The van der Waals surface area contributed by atoms with Crippen LogP contribution in [0.5, 0.6) is 0 Å². The van der Waals surface area contributed by atoms with E-state index in [2.05, 4.69) is 36.7 Å². The Labute approximate surface area is 191 Å². The van der Waals surface area contributed by atoms with Gasteiger partial charge in [-0.05, 0) is 0 Å². The van der Waals surface area contributed by atoms with Gasteiger partial charge in [-0.3, -0.25) is 0 Å². The normalized spacial score (nSPS) is 19.5. The first-order chi connectivity index (χ1) is 15.0. The summed E-state index contributed by atoms with van der Waals surface area (Å²) >= 11 is -0.274. The molecule has 0 aliphatic carbocycles. The molecule has 0 aromatic carbocycles. The van der Waals surface area contributed by atoms with E-state index in [1.54, 1.807) is 6.20 Å². The molecule has 1 aliphatic rings. The van der Waals surface area contributed by atoms with Gasteiger partial charge in [-0.1, -0.05) is 0 Å². The second kappa shape index (κ2) is 7.86. The second-order valence-corrected chi connectivity index (χ2v) is 10.0. The fraction of sp³-hybridized carbons (Fsp3) is 0.364. The third-order valence-corrected chi connectivity index (χ3v) is 7.98. The predicted octanol–water partition coefficient (Wildman–Crippen LogP) is -0.581. The summed E-state index contributed by atoms with van der Waals surface area (Å²) in [6, 6.07) is 8.23. The molecule has 4 aromatic rings. The monoisotopic (exact) mass is 530 g/mol. The summed E-state index contributed by atoms with van der Waals surface area (Å²) in [5.41, 5.74) is 10.2. The Morgan fingerprint density at radius 2 is 2.06 bits per heavy atom. The molecule has 0 bridgehead atoms. The van der Waals surface area contributed by atoms with Crippen molar-refractivity contribution in [3.8, 4) is 11.5 Å². The van der Waals surface area contributed by atoms with Crippen LogP contribution < -0.4 is 27.2 Å². The zero-order chi connectivity index (χ0) is 21.7. The third-order valence-electron chi connectivity index (χ3n) is 6.04. The molecule has 0 spiro atoms. The SMILES string of the molecule is C[I-]n1c(-c2nc3cc(C(=O)N4C[C@H](N)CC[C@@H]4C)cnc3n2C)cc2cccnc21. The number of alkyl halides is 1. The van der Waals surface area contributed by atoms with Crippen molar-refractivity contribution in [2.24, 2.45) is 12.8 Å². The Kier molecular flexibility index (Phi) is 5.17. The van der Waals surface area contributed by atoms with Crippen molar-refractivity contribution in [1.82, 2.24) is 27.2 Å². The van der Waals surface area contributed by atoms with Crippen molar-refractivity contribution in [1.29, 1.82) is 0 Å². The summed E-state index contributed by atoms with van der Waals surface area (Å²) < 4.78 is 4.26. The first-order valence-corrected chi connectivity index (χ1v) is 13.5. The Bertz CT molecular complexity index is 1290. The average molecular weight is 530 g/mol. The molecule has 1 saturated heterocycles. The van der Waals surface area contributed by atoms with E-state index in [9.17, 15) is 4.79 Å². The van der Waals surface area contributed by atoms with E-state index in [1.165, 1.54) is 0 Å². The van der Waals surface area contributed by atoms with E-state index in [0.717, 1.165) is 46.6 Å². The Balaban J connectivity index is 1.57. The molecule has 0 radical (unpaired) electrons. The molecule has 2 atom stereocenters. The van der Waals surface area contributed by atoms with E-state index in [0.29, 0.717) is 12.1 Å². The van der Waals surface area contributed by atoms with E-state index in [1.807, 2.05) is 34.8 Å². The van der Waals surface area contributed by atoms with Crippen LogP contribution in [0.15, 0.2) is 36.7 Å². The number of carbonyl (C=O) groups is 1. The number of halogens is 1. The van der Waals surface area contributed by atoms with E-state index in [-0.39, 0.29) is 39.5 Å². The number of carbonyl (C=O) groups excluding carboxylic acids is 1. The maximum atomic E-state index is 13.2. The van der Waals surface area contributed by atoms with Gasteiger partial charge >= 0.3 is 191 Å². The number of likely N-dealkylation sites (tertiary alicyclic amines) is 1. The quantitative estimate of drug-likeness (QED) is 0.283. The number of pyridine rings is 2. The van der Waals surface area contributed by atoms with Crippen molar-refractivity contribution >= 4 is 28.1 Å². The van der Waals surface area contributed by atoms with E-state index >= 15 is 0 Å². The van der Waals surface area contributed by atoms with Gasteiger partial charge in [-0.15, -0.1) is 0 Å². The minimum atomic E-state index is -0.274. The molecule has 1 amide bonds. The van der Waals surface area contributed by atoms with Gasteiger partial charge in [-0.2, -0.15) is 0 Å². The first kappa shape index (κ1) is 20.4. The number of piperidine rings is 1. The van der Waals surface area contributed by atoms with Gasteiger partial charge in [0.15, 0.2) is 0 Å². The van der Waals surface area contributed by atoms with Crippen molar-refractivity contribution < 1.29 is 26.3 Å². The molecule has 1 aliphatic heterocycles. The fourth-order valence-electron chi connectivity index (χ4n) is 4.33. The molecule has 5 rings (SSSR count). The zero-order valence-corrected chi connectivity index (χ0v) is 19.9. The number of aryl methyl sites for hydroxylation is 1. The van der Waals surface area contributed by atoms with Gasteiger partial charge in [0.1, 0.15) is 0 Å². The van der Waals surface area contributed by atoms with E-state index in [4.69, 9.17) is 10.7 Å². The first-order valence-electron chi connectivity index (χ1n) is 10.3. The second-order valence-electron chi connectivity index (χ2n) is 8.10. The van der Waals surface area contributed by atoms with Crippen LogP contribution in [-0.4, -0.2) is 56.7 Å². The summed E-state index contributed by atoms with van der Waals surface area (Å²) in [5.74, 6) is 0.807. The zero-order valence-electron chi connectivity index (χ0n) is 17.8. The number of rotatable bonds is 3. The number of imidazole rings is 1. The molecule has 9 heteroatoms. The molecular formula is C22H25IN7O-. The molecule has 0 unspecified atom stereocenters. The predicted molar refractivity (Wildman–Crippen MR) is 116 cm³/mol. The number of amides is 1. The van der Waals surface area contributed by atoms with Crippen LogP contribution in [-0.2, 0) is 7.05 Å². The van der Waals surface area contributed by atoms with Gasteiger partial charge < -0.3 is 0 Å². The Morgan fingerprint density at radius 1 is 1.23 bits per heavy atom. The van der Waals surface area contributed by atoms with Crippen molar-refractivity contribution in [3.63, 3.8) is 0 Å². The maximum absolute atomic E-state index is 13.2. The summed E-state index contributed by atoms with van der Waals surface area (Å²) in [7, 11) is 1.97. The molecule has 8 nitrogen and oxygen atoms in total. The number of hydrogen-bond acceptors (Lipinski definition) is 5. The van der Waals surface area contributed by atoms with Gasteiger partial charge in [0, 0.05) is 0 Å². The topological polar surface area (TPSA) is 94.9 Å². The summed E-state index contributed by atoms with van der Waals surface area (Å²) in [4.78, 5) is 31.3. The molecule has 1 fully saturated rings. The van der Waals surface area contributed by atoms with Crippen molar-refractivity contribution in [2.75, 3.05) is 11.5 Å². The fourth-order valence-corrected chi connectivity index (χ4v) is 6.07. The van der Waals surface area contributed by atoms with Crippen LogP contribution in [0.2, 0.25) is 0 Å². The minimum absolute atomic E-state index is 0.0259. The van der Waals surface area contributed by atoms with Gasteiger partial charge in [-0.25, -0.2) is 0 Å². The molecular weight excluding hydrogens is 505 g/mol. The van der Waals surface area contributed by atoms with Gasteiger partial charge in [0.05, 0.1) is 0 Å². The van der Waals surface area contributed by atoms with Crippen LogP contribution in [0, 0.1) is 0 Å². The van der Waals surface area contributed by atoms with Crippen LogP contribution in [0.25, 0.3) is 33.7 Å². The van der Waals surface area contributed by atoms with Crippen LogP contribution in [0.3, 0.4) is 0 Å². The van der Waals surface area contributed by atoms with Crippen molar-refractivity contribution in [2.45, 2.75) is 31.8 Å². The van der Waals surface area contributed by atoms with Crippen LogP contribution in [0.1, 0.15) is 30.1 Å². The van der Waals surface area contributed by atoms with E-state index < -0.39 is 0 Å². The molecule has 31 heavy (non-hydrogen) atoms. The summed E-state index contributed by atoms with van der Waals surface area (Å²) in [6.07, 6.45) is 5.36. The Hall–Kier alpha value is -2.53.